The molecule has 0 saturated heterocycles. The first-order valence-electron chi connectivity index (χ1n) is 4.90. The Morgan fingerprint density at radius 1 is 1.53 bits per heavy atom. The number of hydrogen-bond donors (Lipinski definition) is 0. The van der Waals surface area contributed by atoms with Crippen molar-refractivity contribution in [1.82, 2.24) is 10.2 Å². The van der Waals surface area contributed by atoms with Crippen LogP contribution in [0.15, 0.2) is 4.42 Å². The van der Waals surface area contributed by atoms with E-state index in [1.165, 1.54) is 0 Å². The number of anilines is 1. The average Bonchev–Trinajstić information content (AvgIpc) is 2.68. The van der Waals surface area contributed by atoms with Crippen molar-refractivity contribution in [3.8, 4) is 0 Å². The van der Waals surface area contributed by atoms with Crippen LogP contribution in [0.4, 0.5) is 6.01 Å². The zero-order chi connectivity index (χ0) is 11.3. The maximum atomic E-state index is 5.83. The minimum absolute atomic E-state index is 0.257. The molecule has 86 valence electrons. The third-order valence-corrected chi connectivity index (χ3v) is 2.17. The summed E-state index contributed by atoms with van der Waals surface area (Å²) in [5.41, 5.74) is 0. The van der Waals surface area contributed by atoms with E-state index >= 15 is 0 Å². The minimum Gasteiger partial charge on any atom is -0.406 e. The number of aromatic nitrogens is 2. The second-order valence-electron chi connectivity index (χ2n) is 3.11. The van der Waals surface area contributed by atoms with E-state index in [1.54, 1.807) is 14.0 Å². The van der Waals surface area contributed by atoms with Gasteiger partial charge in [-0.1, -0.05) is 5.10 Å². The van der Waals surface area contributed by atoms with Crippen LogP contribution in [0, 0.1) is 0 Å². The molecule has 0 N–H and O–H groups in total. The van der Waals surface area contributed by atoms with Gasteiger partial charge in [-0.3, -0.25) is 0 Å². The smallest absolute Gasteiger partial charge is 0.318 e. The van der Waals surface area contributed by atoms with E-state index in [1.807, 2.05) is 11.8 Å². The molecule has 0 saturated carbocycles. The molecular formula is C9H16ClN3O2. The van der Waals surface area contributed by atoms with Gasteiger partial charge in [0.05, 0.1) is 6.61 Å². The van der Waals surface area contributed by atoms with E-state index in [0.29, 0.717) is 18.5 Å². The largest absolute Gasteiger partial charge is 0.406 e. The first kappa shape index (κ1) is 12.3. The van der Waals surface area contributed by atoms with Gasteiger partial charge in [-0.05, 0) is 13.8 Å². The summed E-state index contributed by atoms with van der Waals surface area (Å²) in [4.78, 5) is 1.94. The quantitative estimate of drug-likeness (QED) is 0.702. The molecule has 1 aromatic heterocycles. The summed E-state index contributed by atoms with van der Waals surface area (Å²) in [5, 5.41) is 7.54. The van der Waals surface area contributed by atoms with Crippen molar-refractivity contribution in [3.63, 3.8) is 0 Å². The molecule has 0 bridgehead atoms. The zero-order valence-corrected chi connectivity index (χ0v) is 9.99. The maximum Gasteiger partial charge on any atom is 0.318 e. The van der Waals surface area contributed by atoms with Crippen molar-refractivity contribution >= 4 is 17.6 Å². The number of likely N-dealkylation sites (N-methyl/N-ethyl adjacent to an activating group) is 1. The molecule has 5 nitrogen and oxygen atoms in total. The Bertz CT molecular complexity index is 291. The van der Waals surface area contributed by atoms with Crippen LogP contribution in [0.5, 0.6) is 0 Å². The maximum absolute atomic E-state index is 5.83. The van der Waals surface area contributed by atoms with Gasteiger partial charge in [0.2, 0.25) is 5.89 Å². The molecule has 1 rings (SSSR count). The first-order valence-corrected chi connectivity index (χ1v) is 5.34. The van der Waals surface area contributed by atoms with Crippen molar-refractivity contribution in [2.24, 2.45) is 0 Å². The lowest BCUT2D eigenvalue weighted by Crippen LogP contribution is -2.27. The van der Waals surface area contributed by atoms with Crippen LogP contribution >= 0.6 is 11.6 Å². The Hall–Kier alpha value is -0.810. The van der Waals surface area contributed by atoms with E-state index in [4.69, 9.17) is 20.8 Å². The summed E-state index contributed by atoms with van der Waals surface area (Å²) in [6, 6.07) is 0.497. The number of methoxy groups -OCH3 is 1. The van der Waals surface area contributed by atoms with Gasteiger partial charge in [0.25, 0.3) is 0 Å². The van der Waals surface area contributed by atoms with E-state index in [9.17, 15) is 0 Å². The highest BCUT2D eigenvalue weighted by Crippen LogP contribution is 2.21. The molecule has 1 unspecified atom stereocenters. The van der Waals surface area contributed by atoms with Crippen molar-refractivity contribution in [1.29, 1.82) is 0 Å². The summed E-state index contributed by atoms with van der Waals surface area (Å²) in [7, 11) is 1.66. The van der Waals surface area contributed by atoms with Crippen LogP contribution in [0.3, 0.4) is 0 Å². The Morgan fingerprint density at radius 2 is 2.27 bits per heavy atom. The highest BCUT2D eigenvalue weighted by atomic mass is 35.5. The van der Waals surface area contributed by atoms with Gasteiger partial charge in [0, 0.05) is 20.2 Å². The molecule has 6 heteroatoms. The Labute approximate surface area is 94.4 Å². The molecule has 0 aliphatic carbocycles. The second-order valence-corrected chi connectivity index (χ2v) is 3.77. The zero-order valence-electron chi connectivity index (χ0n) is 9.23. The lowest BCUT2D eigenvalue weighted by atomic mass is 10.5. The molecule has 0 aliphatic heterocycles. The Morgan fingerprint density at radius 3 is 2.73 bits per heavy atom. The fraction of sp³-hybridized carbons (Fsp3) is 0.778. The summed E-state index contributed by atoms with van der Waals surface area (Å²) in [5.74, 6) is 0.447. The molecule has 0 aromatic carbocycles. The first-order chi connectivity index (χ1) is 7.19. The van der Waals surface area contributed by atoms with Crippen LogP contribution in [0.1, 0.15) is 25.1 Å². The topological polar surface area (TPSA) is 51.4 Å². The Kier molecular flexibility index (Phi) is 4.84. The number of nitrogens with zero attached hydrogens (tertiary/aromatic N) is 3. The van der Waals surface area contributed by atoms with Gasteiger partial charge >= 0.3 is 6.01 Å². The standard InChI is InChI=1S/C9H16ClN3O2/c1-4-13(5-6-14-3)9-12-11-8(15-9)7(2)10/h7H,4-6H2,1-3H3. The van der Waals surface area contributed by atoms with Gasteiger partial charge in [-0.15, -0.1) is 16.7 Å². The number of alkyl halides is 1. The third kappa shape index (κ3) is 3.35. The van der Waals surface area contributed by atoms with E-state index in [2.05, 4.69) is 10.2 Å². The molecular weight excluding hydrogens is 218 g/mol. The number of halogens is 1. The van der Waals surface area contributed by atoms with Crippen molar-refractivity contribution in [3.05, 3.63) is 5.89 Å². The number of rotatable bonds is 6. The van der Waals surface area contributed by atoms with E-state index in [-0.39, 0.29) is 5.38 Å². The van der Waals surface area contributed by atoms with E-state index < -0.39 is 0 Å². The lowest BCUT2D eigenvalue weighted by Gasteiger charge is -2.16. The van der Waals surface area contributed by atoms with E-state index in [0.717, 1.165) is 13.1 Å². The van der Waals surface area contributed by atoms with Gasteiger partial charge in [-0.25, -0.2) is 0 Å². The molecule has 0 fully saturated rings. The van der Waals surface area contributed by atoms with Crippen molar-refractivity contribution < 1.29 is 9.15 Å². The van der Waals surface area contributed by atoms with Crippen molar-refractivity contribution in [2.75, 3.05) is 31.7 Å². The van der Waals surface area contributed by atoms with Gasteiger partial charge in [-0.2, -0.15) is 0 Å². The number of ether oxygens (including phenoxy) is 1. The normalized spacial score (nSPS) is 12.8. The average molecular weight is 234 g/mol. The van der Waals surface area contributed by atoms with Gasteiger partial charge in [0.15, 0.2) is 0 Å². The lowest BCUT2D eigenvalue weighted by molar-refractivity contribution is 0.204. The van der Waals surface area contributed by atoms with Crippen LogP contribution in [0.25, 0.3) is 0 Å². The highest BCUT2D eigenvalue weighted by Gasteiger charge is 2.15. The molecule has 0 amide bonds. The summed E-state index contributed by atoms with van der Waals surface area (Å²) < 4.78 is 10.4. The summed E-state index contributed by atoms with van der Waals surface area (Å²) in [6.07, 6.45) is 0. The summed E-state index contributed by atoms with van der Waals surface area (Å²) in [6.45, 7) is 5.96. The van der Waals surface area contributed by atoms with Crippen LogP contribution in [0.2, 0.25) is 0 Å². The molecule has 1 heterocycles. The van der Waals surface area contributed by atoms with Crippen molar-refractivity contribution in [2.45, 2.75) is 19.2 Å². The van der Waals surface area contributed by atoms with Gasteiger partial charge < -0.3 is 14.1 Å². The predicted molar refractivity (Wildman–Crippen MR) is 58.3 cm³/mol. The molecule has 0 aliphatic rings. The monoisotopic (exact) mass is 233 g/mol. The SMILES string of the molecule is CCN(CCOC)c1nnc(C(C)Cl)o1. The molecule has 0 radical (unpaired) electrons. The second kappa shape index (κ2) is 5.92. The third-order valence-electron chi connectivity index (χ3n) is 1.99. The van der Waals surface area contributed by atoms with Gasteiger partial charge in [0.1, 0.15) is 5.38 Å². The van der Waals surface area contributed by atoms with Crippen LogP contribution in [-0.2, 0) is 4.74 Å². The highest BCUT2D eigenvalue weighted by molar-refractivity contribution is 6.20. The van der Waals surface area contributed by atoms with Crippen LogP contribution in [-0.4, -0.2) is 37.0 Å². The minimum atomic E-state index is -0.257. The Balaban J connectivity index is 2.65. The van der Waals surface area contributed by atoms with Crippen LogP contribution < -0.4 is 4.90 Å². The number of hydrogen-bond acceptors (Lipinski definition) is 5. The molecule has 1 atom stereocenters. The fourth-order valence-corrected chi connectivity index (χ4v) is 1.19. The predicted octanol–water partition coefficient (Wildman–Crippen LogP) is 1.84. The molecule has 1 aromatic rings. The fourth-order valence-electron chi connectivity index (χ4n) is 1.11. The molecule has 0 spiro atoms. The summed E-state index contributed by atoms with van der Waals surface area (Å²) >= 11 is 5.83. The molecule has 15 heavy (non-hydrogen) atoms.